The van der Waals surface area contributed by atoms with Gasteiger partial charge >= 0.3 is 6.09 Å². The second-order valence-electron chi connectivity index (χ2n) is 16.7. The molecule has 6 aliphatic rings. The number of cyclic esters (lactones) is 1. The first-order valence-electron chi connectivity index (χ1n) is 20.5. The third-order valence-electron chi connectivity index (χ3n) is 14.0. The van der Waals surface area contributed by atoms with Crippen LogP contribution in [0, 0.1) is 41.4 Å². The van der Waals surface area contributed by atoms with Gasteiger partial charge in [-0.2, -0.15) is 0 Å². The second kappa shape index (κ2) is 13.3. The predicted molar refractivity (Wildman–Crippen MR) is 220 cm³/mol. The highest BCUT2D eigenvalue weighted by atomic mass is 16.6. The van der Waals surface area contributed by atoms with Crippen LogP contribution in [0.5, 0.6) is 0 Å². The Labute approximate surface area is 344 Å². The molecule has 3 saturated heterocycles. The number of anilines is 2. The minimum atomic E-state index is -1.68. The van der Waals surface area contributed by atoms with Crippen LogP contribution in [0.3, 0.4) is 0 Å². The predicted octanol–water partition coefficient (Wildman–Crippen LogP) is 6.28. The number of ether oxygens (including phenoxy) is 1. The maximum Gasteiger partial charge on any atom is 0.424 e. The lowest BCUT2D eigenvalue weighted by Crippen LogP contribution is -2.68. The average molecular weight is 798 g/mol. The monoisotopic (exact) mass is 797 g/mol. The molecule has 1 N–H and O–H groups in total. The van der Waals surface area contributed by atoms with Crippen LogP contribution in [0.4, 0.5) is 16.2 Å². The van der Waals surface area contributed by atoms with Crippen LogP contribution in [0.15, 0.2) is 138 Å². The summed E-state index contributed by atoms with van der Waals surface area (Å²) in [5.74, 6) is -8.80. The molecule has 1 unspecified atom stereocenters. The maximum absolute atomic E-state index is 15.4. The van der Waals surface area contributed by atoms with Gasteiger partial charge in [0.25, 0.3) is 5.91 Å². The molecule has 6 amide bonds. The van der Waals surface area contributed by atoms with E-state index < -0.39 is 82.6 Å². The third-order valence-corrected chi connectivity index (χ3v) is 14.0. The number of hydrogen-bond acceptors (Lipinski definition) is 8. The summed E-state index contributed by atoms with van der Waals surface area (Å²) in [5.41, 5.74) is 2.65. The Balaban J connectivity index is 1.13. The minimum Gasteiger partial charge on any atom is -0.393 e. The molecule has 2 aliphatic carbocycles. The summed E-state index contributed by atoms with van der Waals surface area (Å²) in [7, 11) is 0. The Morgan fingerprint density at radius 2 is 1.30 bits per heavy atom. The molecule has 8 atom stereocenters. The van der Waals surface area contributed by atoms with Gasteiger partial charge in [-0.1, -0.05) is 97.4 Å². The number of aromatic amines is 1. The van der Waals surface area contributed by atoms with Gasteiger partial charge in [-0.3, -0.25) is 38.8 Å². The number of fused-ring (bicyclic) bond motifs is 7. The number of rotatable bonds is 7. The molecule has 11 rings (SSSR count). The number of nitrogens with zero attached hydrogens (tertiary/aromatic N) is 4. The van der Waals surface area contributed by atoms with Gasteiger partial charge < -0.3 is 9.72 Å². The van der Waals surface area contributed by atoms with Gasteiger partial charge in [-0.05, 0) is 66.1 Å². The van der Waals surface area contributed by atoms with Crippen molar-refractivity contribution in [2.75, 3.05) is 16.3 Å². The number of hydrogen-bond donors (Lipinski definition) is 1. The Bertz CT molecular complexity index is 2750. The lowest BCUT2D eigenvalue weighted by molar-refractivity contribution is -0.139. The van der Waals surface area contributed by atoms with Crippen molar-refractivity contribution in [1.29, 1.82) is 0 Å². The molecule has 5 aromatic rings. The summed E-state index contributed by atoms with van der Waals surface area (Å²) < 4.78 is 6.16. The van der Waals surface area contributed by atoms with Crippen molar-refractivity contribution >= 4 is 63.8 Å². The molecular formula is C48H39N5O7. The number of benzene rings is 4. The Kier molecular flexibility index (Phi) is 8.00. The SMILES string of the molecule is C[C@H]1C2=C3C(C[C@H]4C(=O)N(c5ccccc5)C(=O)[C@H]4[C@H]3[C@@]3(Cc4ccccc4)C(=NCCc4c[nH]c5ccccc45)OC(=O)N3C2=O)[C@H]2C(=O)N(c3ccccc3)C(=O)[C@H]21. The maximum atomic E-state index is 15.4. The molecule has 12 heteroatoms. The van der Waals surface area contributed by atoms with E-state index in [4.69, 9.17) is 9.73 Å². The first-order valence-corrected chi connectivity index (χ1v) is 20.5. The van der Waals surface area contributed by atoms with E-state index in [1.165, 1.54) is 9.80 Å². The summed E-state index contributed by atoms with van der Waals surface area (Å²) in [6.45, 7) is 1.94. The van der Waals surface area contributed by atoms with Crippen LogP contribution in [0.1, 0.15) is 24.5 Å². The molecule has 298 valence electrons. The molecule has 12 nitrogen and oxygen atoms in total. The van der Waals surface area contributed by atoms with Gasteiger partial charge in [-0.15, -0.1) is 0 Å². The average Bonchev–Trinajstić information content (AvgIpc) is 3.96. The topological polar surface area (TPSA) is 150 Å². The van der Waals surface area contributed by atoms with Gasteiger partial charge in [-0.25, -0.2) is 9.69 Å². The van der Waals surface area contributed by atoms with E-state index in [2.05, 4.69) is 4.98 Å². The summed E-state index contributed by atoms with van der Waals surface area (Å²) in [6, 6.07) is 34.7. The molecule has 4 aromatic carbocycles. The van der Waals surface area contributed by atoms with Crippen LogP contribution in [0.25, 0.3) is 10.9 Å². The van der Waals surface area contributed by atoms with E-state index in [0.717, 1.165) is 26.9 Å². The number of imide groups is 3. The molecule has 0 bridgehead atoms. The number of aliphatic imine (C=N–C) groups is 1. The molecule has 4 fully saturated rings. The number of nitrogens with one attached hydrogen (secondary N) is 1. The zero-order chi connectivity index (χ0) is 41.0. The van der Waals surface area contributed by atoms with Crippen LogP contribution in [-0.4, -0.2) is 63.5 Å². The standard InChI is InChI=1S/C48H39N5O7/c1-26-35-37-32(38-36(26)42(55)52(43(38)56)30-17-9-4-10-18-30)23-33-39(44(57)51(41(33)54)29-15-7-3-8-16-29)40(37)48(24-27-13-5-2-6-14-27)46(60-47(59)53(48)45(35)58)49-22-21-28-25-50-34-20-12-11-19-31(28)34/h2-20,25-26,32-33,36,38-40,50H,21-24H2,1H3/t26-,32?,33+,36-,38+,39+,40-,48-/m0/s1. The van der Waals surface area contributed by atoms with Gasteiger partial charge in [0.1, 0.15) is 5.54 Å². The van der Waals surface area contributed by atoms with Crippen LogP contribution in [-0.2, 0) is 41.6 Å². The van der Waals surface area contributed by atoms with Gasteiger partial charge in [0, 0.05) is 41.6 Å². The summed E-state index contributed by atoms with van der Waals surface area (Å²) in [5, 5.41) is 1.03. The lowest BCUT2D eigenvalue weighted by Gasteiger charge is -2.56. The van der Waals surface area contributed by atoms with E-state index >= 15 is 9.59 Å². The van der Waals surface area contributed by atoms with E-state index in [0.29, 0.717) is 23.4 Å². The second-order valence-corrected chi connectivity index (χ2v) is 16.7. The smallest absolute Gasteiger partial charge is 0.393 e. The molecule has 5 heterocycles. The highest BCUT2D eigenvalue weighted by Gasteiger charge is 2.75. The zero-order valence-corrected chi connectivity index (χ0v) is 32.6. The number of H-pyrrole nitrogens is 1. The summed E-state index contributed by atoms with van der Waals surface area (Å²) in [4.78, 5) is 101. The number of carbonyl (C=O) groups is 6. The van der Waals surface area contributed by atoms with E-state index in [-0.39, 0.29) is 30.9 Å². The minimum absolute atomic E-state index is 0.00609. The Morgan fingerprint density at radius 1 is 0.700 bits per heavy atom. The van der Waals surface area contributed by atoms with Crippen LogP contribution in [0.2, 0.25) is 0 Å². The number of para-hydroxylation sites is 3. The fourth-order valence-electron chi connectivity index (χ4n) is 11.6. The molecular weight excluding hydrogens is 759 g/mol. The van der Waals surface area contributed by atoms with Gasteiger partial charge in [0.2, 0.25) is 29.5 Å². The van der Waals surface area contributed by atoms with Crippen molar-refractivity contribution in [3.63, 3.8) is 0 Å². The van der Waals surface area contributed by atoms with Crippen molar-refractivity contribution in [3.8, 4) is 0 Å². The number of carbonyl (C=O) groups excluding carboxylic acids is 6. The van der Waals surface area contributed by atoms with Crippen molar-refractivity contribution in [2.45, 2.75) is 31.7 Å². The summed E-state index contributed by atoms with van der Waals surface area (Å²) in [6.07, 6.45) is 1.57. The first kappa shape index (κ1) is 36.2. The fraction of sp³-hybridized carbons (Fsp3) is 0.271. The third kappa shape index (κ3) is 4.87. The highest BCUT2D eigenvalue weighted by molar-refractivity contribution is 6.26. The Morgan fingerprint density at radius 3 is 2.00 bits per heavy atom. The molecule has 1 saturated carbocycles. The molecule has 1 aromatic heterocycles. The number of aromatic nitrogens is 1. The normalized spacial score (nSPS) is 30.0. The molecule has 4 aliphatic heterocycles. The van der Waals surface area contributed by atoms with E-state index in [1.807, 2.05) is 60.8 Å². The van der Waals surface area contributed by atoms with Crippen LogP contribution >= 0.6 is 0 Å². The van der Waals surface area contributed by atoms with Crippen LogP contribution < -0.4 is 9.80 Å². The molecule has 0 radical (unpaired) electrons. The van der Waals surface area contributed by atoms with Crippen molar-refractivity contribution in [3.05, 3.63) is 144 Å². The van der Waals surface area contributed by atoms with Crippen molar-refractivity contribution in [2.24, 2.45) is 46.4 Å². The summed E-state index contributed by atoms with van der Waals surface area (Å²) >= 11 is 0. The Hall–Kier alpha value is -6.95. The number of amides is 6. The quantitative estimate of drug-likeness (QED) is 0.191. The van der Waals surface area contributed by atoms with E-state index in [9.17, 15) is 19.2 Å². The zero-order valence-electron chi connectivity index (χ0n) is 32.6. The van der Waals surface area contributed by atoms with Crippen molar-refractivity contribution < 1.29 is 33.5 Å². The highest BCUT2D eigenvalue weighted by Crippen LogP contribution is 2.65. The fourth-order valence-corrected chi connectivity index (χ4v) is 11.6. The first-order chi connectivity index (χ1) is 29.2. The molecule has 0 spiro atoms. The van der Waals surface area contributed by atoms with Gasteiger partial charge in [0.15, 0.2) is 0 Å². The van der Waals surface area contributed by atoms with Gasteiger partial charge in [0.05, 0.1) is 35.0 Å². The largest absolute Gasteiger partial charge is 0.424 e. The lowest BCUT2D eigenvalue weighted by atomic mass is 9.49. The van der Waals surface area contributed by atoms with Crippen molar-refractivity contribution in [1.82, 2.24) is 9.88 Å². The molecule has 60 heavy (non-hydrogen) atoms. The van der Waals surface area contributed by atoms with E-state index in [1.54, 1.807) is 67.6 Å².